The molecule has 19 heavy (non-hydrogen) atoms. The molecule has 3 rings (SSSR count). The molecule has 1 aromatic carbocycles. The highest BCUT2D eigenvalue weighted by Crippen LogP contribution is 2.21. The first-order valence-corrected chi connectivity index (χ1v) is 6.47. The minimum atomic E-state index is 0.729. The van der Waals surface area contributed by atoms with E-state index < -0.39 is 0 Å². The normalized spacial score (nSPS) is 10.8. The summed E-state index contributed by atoms with van der Waals surface area (Å²) in [7, 11) is 0. The van der Waals surface area contributed by atoms with Gasteiger partial charge < -0.3 is 5.32 Å². The molecular weight excluding hydrogens is 236 g/mol. The predicted octanol–water partition coefficient (Wildman–Crippen LogP) is 2.91. The topological polar surface area (TPSA) is 42.7 Å². The second-order valence-corrected chi connectivity index (χ2v) is 4.42. The molecule has 3 aromatic rings. The lowest BCUT2D eigenvalue weighted by molar-refractivity contribution is 0.686. The molecule has 0 aliphatic carbocycles. The molecule has 2 aromatic heterocycles. The monoisotopic (exact) mass is 252 g/mol. The molecule has 0 aliphatic rings. The number of benzene rings is 1. The molecule has 1 N–H and O–H groups in total. The van der Waals surface area contributed by atoms with Crippen molar-refractivity contribution in [3.8, 4) is 0 Å². The lowest BCUT2D eigenvalue weighted by atomic mass is 10.1. The third-order valence-corrected chi connectivity index (χ3v) is 3.04. The van der Waals surface area contributed by atoms with Crippen LogP contribution in [-0.2, 0) is 6.54 Å². The molecular formula is C15H16N4. The molecule has 0 atom stereocenters. The molecule has 2 heterocycles. The van der Waals surface area contributed by atoms with Crippen LogP contribution in [0.3, 0.4) is 0 Å². The number of rotatable bonds is 4. The Morgan fingerprint density at radius 2 is 2.11 bits per heavy atom. The maximum atomic E-state index is 4.69. The van der Waals surface area contributed by atoms with Crippen molar-refractivity contribution in [3.05, 3.63) is 54.4 Å². The summed E-state index contributed by atoms with van der Waals surface area (Å²) >= 11 is 0. The molecule has 4 nitrogen and oxygen atoms in total. The number of para-hydroxylation sites is 1. The van der Waals surface area contributed by atoms with Crippen LogP contribution in [0.1, 0.15) is 12.5 Å². The first kappa shape index (κ1) is 11.7. The van der Waals surface area contributed by atoms with E-state index in [1.165, 1.54) is 0 Å². The number of nitrogens with zero attached hydrogens (tertiary/aromatic N) is 3. The summed E-state index contributed by atoms with van der Waals surface area (Å²) < 4.78 is 1.91. The number of anilines is 1. The Morgan fingerprint density at radius 1 is 1.21 bits per heavy atom. The average Bonchev–Trinajstić information content (AvgIpc) is 2.93. The van der Waals surface area contributed by atoms with E-state index in [2.05, 4.69) is 29.5 Å². The van der Waals surface area contributed by atoms with Crippen LogP contribution >= 0.6 is 0 Å². The van der Waals surface area contributed by atoms with Gasteiger partial charge in [-0.1, -0.05) is 18.2 Å². The lowest BCUT2D eigenvalue weighted by Gasteiger charge is -2.11. The van der Waals surface area contributed by atoms with Crippen molar-refractivity contribution in [2.24, 2.45) is 0 Å². The standard InChI is InChI=1S/C15H16N4/c1-2-16-15-13(11-19-9-5-8-17-19)10-12-6-3-4-7-14(12)18-15/h3-10H,2,11H2,1H3,(H,16,18). The summed E-state index contributed by atoms with van der Waals surface area (Å²) in [6.07, 6.45) is 3.76. The van der Waals surface area contributed by atoms with Gasteiger partial charge in [-0.15, -0.1) is 0 Å². The molecule has 4 heteroatoms. The Kier molecular flexibility index (Phi) is 3.14. The van der Waals surface area contributed by atoms with Gasteiger partial charge in [-0.25, -0.2) is 4.98 Å². The molecule has 0 saturated carbocycles. The van der Waals surface area contributed by atoms with Crippen molar-refractivity contribution in [1.82, 2.24) is 14.8 Å². The van der Waals surface area contributed by atoms with Gasteiger partial charge in [0.05, 0.1) is 12.1 Å². The first-order valence-electron chi connectivity index (χ1n) is 6.47. The maximum absolute atomic E-state index is 4.69. The predicted molar refractivity (Wildman–Crippen MR) is 77.2 cm³/mol. The molecule has 0 radical (unpaired) electrons. The van der Waals surface area contributed by atoms with Gasteiger partial charge in [-0.3, -0.25) is 4.68 Å². The van der Waals surface area contributed by atoms with Crippen molar-refractivity contribution in [2.75, 3.05) is 11.9 Å². The third kappa shape index (κ3) is 2.42. The van der Waals surface area contributed by atoms with Crippen LogP contribution in [0.5, 0.6) is 0 Å². The SMILES string of the molecule is CCNc1nc2ccccc2cc1Cn1cccn1. The third-order valence-electron chi connectivity index (χ3n) is 3.04. The lowest BCUT2D eigenvalue weighted by Crippen LogP contribution is -2.08. The maximum Gasteiger partial charge on any atom is 0.131 e. The smallest absolute Gasteiger partial charge is 0.131 e. The molecule has 0 spiro atoms. The van der Waals surface area contributed by atoms with Crippen LogP contribution in [0.4, 0.5) is 5.82 Å². The Bertz CT molecular complexity index is 674. The summed E-state index contributed by atoms with van der Waals surface area (Å²) in [6, 6.07) is 12.3. The fraction of sp³-hybridized carbons (Fsp3) is 0.200. The van der Waals surface area contributed by atoms with E-state index in [-0.39, 0.29) is 0 Å². The molecule has 0 aliphatic heterocycles. The van der Waals surface area contributed by atoms with E-state index in [0.29, 0.717) is 0 Å². The highest BCUT2D eigenvalue weighted by molar-refractivity contribution is 5.81. The van der Waals surface area contributed by atoms with E-state index in [1.807, 2.05) is 35.1 Å². The van der Waals surface area contributed by atoms with Crippen LogP contribution in [0, 0.1) is 0 Å². The van der Waals surface area contributed by atoms with Gasteiger partial charge in [-0.05, 0) is 25.1 Å². The zero-order valence-electron chi connectivity index (χ0n) is 10.9. The van der Waals surface area contributed by atoms with E-state index >= 15 is 0 Å². The first-order chi connectivity index (χ1) is 9.36. The van der Waals surface area contributed by atoms with Crippen molar-refractivity contribution >= 4 is 16.7 Å². The number of hydrogen-bond donors (Lipinski definition) is 1. The van der Waals surface area contributed by atoms with Gasteiger partial charge in [0.2, 0.25) is 0 Å². The Morgan fingerprint density at radius 3 is 2.89 bits per heavy atom. The minimum absolute atomic E-state index is 0.729. The number of fused-ring (bicyclic) bond motifs is 1. The Balaban J connectivity index is 2.06. The van der Waals surface area contributed by atoms with E-state index in [0.717, 1.165) is 35.4 Å². The van der Waals surface area contributed by atoms with Gasteiger partial charge in [0.15, 0.2) is 0 Å². The quantitative estimate of drug-likeness (QED) is 0.776. The van der Waals surface area contributed by atoms with E-state index in [1.54, 1.807) is 6.20 Å². The summed E-state index contributed by atoms with van der Waals surface area (Å²) in [5.41, 5.74) is 2.17. The van der Waals surface area contributed by atoms with Gasteiger partial charge >= 0.3 is 0 Å². The van der Waals surface area contributed by atoms with Gasteiger partial charge in [-0.2, -0.15) is 5.10 Å². The van der Waals surface area contributed by atoms with Gasteiger partial charge in [0.1, 0.15) is 5.82 Å². The Labute approximate surface area is 112 Å². The Hall–Kier alpha value is -2.36. The molecule has 0 fully saturated rings. The van der Waals surface area contributed by atoms with Gasteiger partial charge in [0.25, 0.3) is 0 Å². The van der Waals surface area contributed by atoms with Crippen molar-refractivity contribution < 1.29 is 0 Å². The molecule has 0 unspecified atom stereocenters. The zero-order chi connectivity index (χ0) is 13.1. The molecule has 0 saturated heterocycles. The zero-order valence-corrected chi connectivity index (χ0v) is 10.9. The fourth-order valence-corrected chi connectivity index (χ4v) is 2.17. The van der Waals surface area contributed by atoms with Crippen LogP contribution in [-0.4, -0.2) is 21.3 Å². The van der Waals surface area contributed by atoms with E-state index in [9.17, 15) is 0 Å². The minimum Gasteiger partial charge on any atom is -0.370 e. The summed E-state index contributed by atoms with van der Waals surface area (Å²) in [5.74, 6) is 0.941. The van der Waals surface area contributed by atoms with Gasteiger partial charge in [0, 0.05) is 29.9 Å². The largest absolute Gasteiger partial charge is 0.370 e. The van der Waals surface area contributed by atoms with Crippen LogP contribution in [0.25, 0.3) is 10.9 Å². The molecule has 0 bridgehead atoms. The van der Waals surface area contributed by atoms with Crippen molar-refractivity contribution in [1.29, 1.82) is 0 Å². The highest BCUT2D eigenvalue weighted by Gasteiger charge is 2.07. The number of hydrogen-bond acceptors (Lipinski definition) is 3. The van der Waals surface area contributed by atoms with E-state index in [4.69, 9.17) is 4.98 Å². The summed E-state index contributed by atoms with van der Waals surface area (Å²) in [4.78, 5) is 4.69. The molecule has 96 valence electrons. The fourth-order valence-electron chi connectivity index (χ4n) is 2.17. The summed E-state index contributed by atoms with van der Waals surface area (Å²) in [5, 5.41) is 8.74. The van der Waals surface area contributed by atoms with Crippen molar-refractivity contribution in [3.63, 3.8) is 0 Å². The molecule has 0 amide bonds. The van der Waals surface area contributed by atoms with Crippen LogP contribution < -0.4 is 5.32 Å². The van der Waals surface area contributed by atoms with Crippen LogP contribution in [0.2, 0.25) is 0 Å². The number of aromatic nitrogens is 3. The average molecular weight is 252 g/mol. The van der Waals surface area contributed by atoms with Crippen molar-refractivity contribution in [2.45, 2.75) is 13.5 Å². The summed E-state index contributed by atoms with van der Waals surface area (Å²) in [6.45, 7) is 3.67. The second-order valence-electron chi connectivity index (χ2n) is 4.42. The number of nitrogens with one attached hydrogen (secondary N) is 1. The van der Waals surface area contributed by atoms with Crippen LogP contribution in [0.15, 0.2) is 48.8 Å². The number of pyridine rings is 1. The highest BCUT2D eigenvalue weighted by atomic mass is 15.3. The second kappa shape index (κ2) is 5.10.